The van der Waals surface area contributed by atoms with Crippen LogP contribution in [0.15, 0.2) is 42.6 Å². The van der Waals surface area contributed by atoms with Crippen LogP contribution >= 0.6 is 0 Å². The van der Waals surface area contributed by atoms with E-state index in [1.165, 1.54) is 17.3 Å². The van der Waals surface area contributed by atoms with Crippen LogP contribution in [0, 0.1) is 0 Å². The molecule has 2 aromatic rings. The molecule has 0 aliphatic carbocycles. The van der Waals surface area contributed by atoms with Crippen LogP contribution < -0.4 is 5.32 Å². The highest BCUT2D eigenvalue weighted by molar-refractivity contribution is 5.89. The van der Waals surface area contributed by atoms with Crippen molar-refractivity contribution in [2.75, 3.05) is 25.0 Å². The fourth-order valence-corrected chi connectivity index (χ4v) is 3.46. The lowest BCUT2D eigenvalue weighted by atomic mass is 10.1. The van der Waals surface area contributed by atoms with Crippen LogP contribution in [0.5, 0.6) is 0 Å². The molecular formula is C22H29N3O3. The van der Waals surface area contributed by atoms with Gasteiger partial charge in [0.2, 0.25) is 0 Å². The zero-order valence-electron chi connectivity index (χ0n) is 16.9. The number of aromatic nitrogens is 1. The van der Waals surface area contributed by atoms with Crippen molar-refractivity contribution in [3.63, 3.8) is 0 Å². The molecule has 150 valence electrons. The molecule has 0 spiro atoms. The van der Waals surface area contributed by atoms with E-state index in [0.717, 1.165) is 25.5 Å². The third-order valence-electron chi connectivity index (χ3n) is 4.67. The molecule has 1 N–H and O–H groups in total. The Morgan fingerprint density at radius 2 is 1.82 bits per heavy atom. The fraction of sp³-hybridized carbons (Fsp3) is 0.455. The molecule has 0 saturated carbocycles. The maximum absolute atomic E-state index is 11.7. The van der Waals surface area contributed by atoms with Gasteiger partial charge >= 0.3 is 5.97 Å². The van der Waals surface area contributed by atoms with Crippen LogP contribution in [0.4, 0.5) is 5.82 Å². The lowest BCUT2D eigenvalue weighted by molar-refractivity contribution is -0.0704. The van der Waals surface area contributed by atoms with E-state index in [0.29, 0.717) is 18.7 Å². The molecule has 3 rings (SSSR count). The minimum absolute atomic E-state index is 0.287. The zero-order valence-corrected chi connectivity index (χ0v) is 16.9. The molecule has 6 heteroatoms. The standard InChI is InChI=1S/C22H29N3O3/c1-4-27-22(26)20-9-10-21(24-12-20)23-11-18-5-7-19(8-6-18)15-25-13-16(2)28-17(3)14-25/h5-10,12,16-17H,4,11,13-15H2,1-3H3,(H,23,24). The van der Waals surface area contributed by atoms with Crippen molar-refractivity contribution in [3.8, 4) is 0 Å². The fourth-order valence-electron chi connectivity index (χ4n) is 3.46. The van der Waals surface area contributed by atoms with Crippen molar-refractivity contribution in [1.82, 2.24) is 9.88 Å². The number of esters is 1. The van der Waals surface area contributed by atoms with Crippen molar-refractivity contribution < 1.29 is 14.3 Å². The number of nitrogens with one attached hydrogen (secondary N) is 1. The number of hydrogen-bond donors (Lipinski definition) is 1. The Balaban J connectivity index is 1.50. The van der Waals surface area contributed by atoms with Gasteiger partial charge in [0.1, 0.15) is 5.82 Å². The number of carbonyl (C=O) groups excluding carboxylic acids is 1. The van der Waals surface area contributed by atoms with Crippen LogP contribution in [0.25, 0.3) is 0 Å². The van der Waals surface area contributed by atoms with E-state index in [4.69, 9.17) is 9.47 Å². The summed E-state index contributed by atoms with van der Waals surface area (Å²) >= 11 is 0. The molecule has 0 amide bonds. The van der Waals surface area contributed by atoms with E-state index in [2.05, 4.69) is 53.3 Å². The molecule has 2 heterocycles. The van der Waals surface area contributed by atoms with Crippen LogP contribution in [-0.2, 0) is 22.6 Å². The number of carbonyl (C=O) groups is 1. The third kappa shape index (κ3) is 5.78. The molecule has 1 aliphatic heterocycles. The van der Waals surface area contributed by atoms with Crippen LogP contribution in [0.3, 0.4) is 0 Å². The summed E-state index contributed by atoms with van der Waals surface area (Å²) in [5, 5.41) is 3.28. The molecule has 0 bridgehead atoms. The first-order valence-electron chi connectivity index (χ1n) is 9.86. The van der Waals surface area contributed by atoms with Crippen molar-refractivity contribution in [2.45, 2.75) is 46.1 Å². The van der Waals surface area contributed by atoms with E-state index < -0.39 is 0 Å². The molecule has 2 unspecified atom stereocenters. The number of morpholine rings is 1. The average Bonchev–Trinajstić information content (AvgIpc) is 2.67. The lowest BCUT2D eigenvalue weighted by Crippen LogP contribution is -2.44. The first-order chi connectivity index (χ1) is 13.5. The highest BCUT2D eigenvalue weighted by atomic mass is 16.5. The van der Waals surface area contributed by atoms with Crippen molar-refractivity contribution >= 4 is 11.8 Å². The summed E-state index contributed by atoms with van der Waals surface area (Å²) in [5.74, 6) is 0.384. The average molecular weight is 383 g/mol. The Bertz CT molecular complexity index is 752. The Morgan fingerprint density at radius 1 is 1.14 bits per heavy atom. The molecule has 6 nitrogen and oxygen atoms in total. The van der Waals surface area contributed by atoms with E-state index in [-0.39, 0.29) is 18.2 Å². The number of ether oxygens (including phenoxy) is 2. The summed E-state index contributed by atoms with van der Waals surface area (Å²) in [5.41, 5.74) is 2.95. The topological polar surface area (TPSA) is 63.7 Å². The largest absolute Gasteiger partial charge is 0.462 e. The van der Waals surface area contributed by atoms with E-state index >= 15 is 0 Å². The molecule has 1 aliphatic rings. The van der Waals surface area contributed by atoms with Gasteiger partial charge in [0, 0.05) is 32.4 Å². The molecule has 1 aromatic carbocycles. The summed E-state index contributed by atoms with van der Waals surface area (Å²) in [4.78, 5) is 18.4. The second-order valence-corrected chi connectivity index (χ2v) is 7.27. The van der Waals surface area contributed by atoms with Gasteiger partial charge in [-0.3, -0.25) is 4.90 Å². The quantitative estimate of drug-likeness (QED) is 0.739. The van der Waals surface area contributed by atoms with Gasteiger partial charge in [0.05, 0.1) is 24.4 Å². The van der Waals surface area contributed by atoms with Gasteiger partial charge in [-0.05, 0) is 44.0 Å². The van der Waals surface area contributed by atoms with Gasteiger partial charge in [0.25, 0.3) is 0 Å². The predicted molar refractivity (Wildman–Crippen MR) is 109 cm³/mol. The first kappa shape index (κ1) is 20.3. The van der Waals surface area contributed by atoms with Crippen LogP contribution in [0.2, 0.25) is 0 Å². The summed E-state index contributed by atoms with van der Waals surface area (Å²) in [6.07, 6.45) is 2.11. The van der Waals surface area contributed by atoms with E-state index in [9.17, 15) is 4.79 Å². The maximum atomic E-state index is 11.7. The molecule has 0 radical (unpaired) electrons. The second kappa shape index (κ2) is 9.66. The number of rotatable bonds is 7. The van der Waals surface area contributed by atoms with E-state index in [1.807, 2.05) is 0 Å². The lowest BCUT2D eigenvalue weighted by Gasteiger charge is -2.35. The van der Waals surface area contributed by atoms with Crippen LogP contribution in [-0.4, -0.2) is 47.8 Å². The highest BCUT2D eigenvalue weighted by Crippen LogP contribution is 2.15. The number of nitrogens with zero attached hydrogens (tertiary/aromatic N) is 2. The number of pyridine rings is 1. The predicted octanol–water partition coefficient (Wildman–Crippen LogP) is 3.48. The first-order valence-corrected chi connectivity index (χ1v) is 9.86. The van der Waals surface area contributed by atoms with Crippen LogP contribution in [0.1, 0.15) is 42.3 Å². The molecule has 1 aromatic heterocycles. The molecule has 2 atom stereocenters. The Labute approximate surface area is 166 Å². The number of anilines is 1. The smallest absolute Gasteiger partial charge is 0.339 e. The van der Waals surface area contributed by atoms with E-state index in [1.54, 1.807) is 19.1 Å². The van der Waals surface area contributed by atoms with Crippen molar-refractivity contribution in [3.05, 3.63) is 59.3 Å². The molecule has 1 fully saturated rings. The minimum Gasteiger partial charge on any atom is -0.462 e. The second-order valence-electron chi connectivity index (χ2n) is 7.27. The third-order valence-corrected chi connectivity index (χ3v) is 4.67. The number of hydrogen-bond acceptors (Lipinski definition) is 6. The Morgan fingerprint density at radius 3 is 2.43 bits per heavy atom. The van der Waals surface area contributed by atoms with Gasteiger partial charge in [0.15, 0.2) is 0 Å². The van der Waals surface area contributed by atoms with Gasteiger partial charge in [-0.1, -0.05) is 24.3 Å². The maximum Gasteiger partial charge on any atom is 0.339 e. The van der Waals surface area contributed by atoms with Gasteiger partial charge < -0.3 is 14.8 Å². The highest BCUT2D eigenvalue weighted by Gasteiger charge is 2.21. The van der Waals surface area contributed by atoms with Gasteiger partial charge in [-0.2, -0.15) is 0 Å². The summed E-state index contributed by atoms with van der Waals surface area (Å²) in [7, 11) is 0. The molecular weight excluding hydrogens is 354 g/mol. The Kier molecular flexibility index (Phi) is 7.01. The van der Waals surface area contributed by atoms with Crippen molar-refractivity contribution in [2.24, 2.45) is 0 Å². The summed E-state index contributed by atoms with van der Waals surface area (Å²) < 4.78 is 10.8. The van der Waals surface area contributed by atoms with Gasteiger partial charge in [-0.15, -0.1) is 0 Å². The monoisotopic (exact) mass is 383 g/mol. The SMILES string of the molecule is CCOC(=O)c1ccc(NCc2ccc(CN3CC(C)OC(C)C3)cc2)nc1. The van der Waals surface area contributed by atoms with Gasteiger partial charge in [-0.25, -0.2) is 9.78 Å². The molecule has 28 heavy (non-hydrogen) atoms. The summed E-state index contributed by atoms with van der Waals surface area (Å²) in [6, 6.07) is 12.2. The zero-order chi connectivity index (χ0) is 19.9. The van der Waals surface area contributed by atoms with Crippen molar-refractivity contribution in [1.29, 1.82) is 0 Å². The molecule has 1 saturated heterocycles. The minimum atomic E-state index is -0.346. The Hall–Kier alpha value is -2.44. The normalized spacial score (nSPS) is 20.0. The number of benzene rings is 1. The summed E-state index contributed by atoms with van der Waals surface area (Å²) in [6.45, 7) is 9.98.